The summed E-state index contributed by atoms with van der Waals surface area (Å²) in [6.07, 6.45) is 17.1. The fourth-order valence-electron chi connectivity index (χ4n) is 4.31. The first kappa shape index (κ1) is 33.8. The molecule has 0 bridgehead atoms. The number of unbranched alkanes of at least 4 members (excludes halogenated alkanes) is 11. The molecule has 0 saturated heterocycles. The van der Waals surface area contributed by atoms with E-state index in [1.807, 2.05) is 30.3 Å². The van der Waals surface area contributed by atoms with Gasteiger partial charge in [-0.15, -0.1) is 0 Å². The fraction of sp³-hybridized carbons (Fsp3) is 0.767. The van der Waals surface area contributed by atoms with E-state index in [0.29, 0.717) is 26.1 Å². The second kappa shape index (κ2) is 22.8. The van der Waals surface area contributed by atoms with Crippen molar-refractivity contribution in [2.24, 2.45) is 0 Å². The Kier molecular flexibility index (Phi) is 20.8. The van der Waals surface area contributed by atoms with Crippen LogP contribution in [-0.4, -0.2) is 36.2 Å². The summed E-state index contributed by atoms with van der Waals surface area (Å²) in [6.45, 7) is 5.37. The fourth-order valence-corrected chi connectivity index (χ4v) is 5.38. The van der Waals surface area contributed by atoms with Crippen LogP contribution in [-0.2, 0) is 25.2 Å². The zero-order valence-electron chi connectivity index (χ0n) is 23.6. The molecule has 1 amide bonds. The summed E-state index contributed by atoms with van der Waals surface area (Å²) >= 11 is 0. The third-order valence-electron chi connectivity index (χ3n) is 6.60. The summed E-state index contributed by atoms with van der Waals surface area (Å²) in [5.41, 5.74) is 1.08. The van der Waals surface area contributed by atoms with Crippen molar-refractivity contribution in [2.45, 2.75) is 129 Å². The highest BCUT2D eigenvalue weighted by atomic mass is 31.2. The van der Waals surface area contributed by atoms with Crippen LogP contribution in [0.4, 0.5) is 0 Å². The van der Waals surface area contributed by atoms with E-state index in [9.17, 15) is 14.3 Å². The smallest absolute Gasteiger partial charge is 0.328 e. The molecule has 0 spiro atoms. The quantitative estimate of drug-likeness (QED) is 0.0967. The van der Waals surface area contributed by atoms with Gasteiger partial charge in [0.1, 0.15) is 0 Å². The molecule has 2 N–H and O–H groups in total. The number of rotatable bonds is 25. The SMILES string of the molecule is CCCCCCCCCCCC(=O)NC(CCCCCC)COP(=O)(O)CCCOCc1ccccc1. The average Bonchev–Trinajstić information content (AvgIpc) is 2.89. The lowest BCUT2D eigenvalue weighted by molar-refractivity contribution is -0.122. The minimum absolute atomic E-state index is 0.0223. The third-order valence-corrected chi connectivity index (χ3v) is 8.03. The van der Waals surface area contributed by atoms with E-state index in [2.05, 4.69) is 19.2 Å². The minimum Gasteiger partial charge on any atom is -0.377 e. The Morgan fingerprint density at radius 1 is 0.865 bits per heavy atom. The van der Waals surface area contributed by atoms with Gasteiger partial charge in [-0.25, -0.2) is 0 Å². The Morgan fingerprint density at radius 3 is 2.11 bits per heavy atom. The molecule has 1 rings (SSSR count). The molecule has 0 aromatic heterocycles. The lowest BCUT2D eigenvalue weighted by atomic mass is 10.1. The number of hydrogen-bond donors (Lipinski definition) is 2. The highest BCUT2D eigenvalue weighted by molar-refractivity contribution is 7.52. The van der Waals surface area contributed by atoms with E-state index in [0.717, 1.165) is 50.5 Å². The Morgan fingerprint density at radius 2 is 1.46 bits per heavy atom. The Balaban J connectivity index is 2.28. The van der Waals surface area contributed by atoms with Gasteiger partial charge in [-0.3, -0.25) is 9.36 Å². The number of nitrogens with one attached hydrogen (secondary N) is 1. The molecule has 0 aliphatic heterocycles. The van der Waals surface area contributed by atoms with Gasteiger partial charge in [-0.05, 0) is 24.8 Å². The maximum atomic E-state index is 12.5. The molecule has 0 fully saturated rings. The van der Waals surface area contributed by atoms with E-state index in [4.69, 9.17) is 9.26 Å². The molecule has 37 heavy (non-hydrogen) atoms. The molecule has 0 aliphatic carbocycles. The number of carbonyl (C=O) groups excluding carboxylic acids is 1. The summed E-state index contributed by atoms with van der Waals surface area (Å²) < 4.78 is 23.6. The van der Waals surface area contributed by atoms with Crippen LogP contribution >= 0.6 is 7.60 Å². The molecule has 7 heteroatoms. The van der Waals surface area contributed by atoms with Gasteiger partial charge in [-0.1, -0.05) is 121 Å². The molecular weight excluding hydrogens is 485 g/mol. The second-order valence-electron chi connectivity index (χ2n) is 10.2. The van der Waals surface area contributed by atoms with E-state index < -0.39 is 7.60 Å². The van der Waals surface area contributed by atoms with Gasteiger partial charge in [-0.2, -0.15) is 0 Å². The number of hydrogen-bond acceptors (Lipinski definition) is 4. The summed E-state index contributed by atoms with van der Waals surface area (Å²) in [7, 11) is -3.72. The number of benzene rings is 1. The first-order valence-electron chi connectivity index (χ1n) is 14.8. The molecule has 0 saturated carbocycles. The van der Waals surface area contributed by atoms with Gasteiger partial charge in [0.15, 0.2) is 0 Å². The predicted octanol–water partition coefficient (Wildman–Crippen LogP) is 8.17. The van der Waals surface area contributed by atoms with Gasteiger partial charge in [0.25, 0.3) is 0 Å². The van der Waals surface area contributed by atoms with Gasteiger partial charge >= 0.3 is 7.60 Å². The van der Waals surface area contributed by atoms with Gasteiger partial charge in [0.05, 0.1) is 25.4 Å². The standard InChI is InChI=1S/C30H54NO5P/c1-3-5-7-9-10-11-12-13-18-23-30(32)31-29(22-17-8-6-4-2)27-36-37(33,34)25-19-24-35-26-28-20-15-14-16-21-28/h14-16,20-21,29H,3-13,17-19,22-27H2,1-2H3,(H,31,32)(H,33,34). The number of ether oxygens (including phenoxy) is 1. The molecule has 1 aromatic rings. The van der Waals surface area contributed by atoms with Crippen molar-refractivity contribution in [3.63, 3.8) is 0 Å². The highest BCUT2D eigenvalue weighted by Crippen LogP contribution is 2.42. The van der Waals surface area contributed by atoms with Crippen LogP contribution in [0.25, 0.3) is 0 Å². The van der Waals surface area contributed by atoms with Gasteiger partial charge in [0.2, 0.25) is 5.91 Å². The van der Waals surface area contributed by atoms with Crippen molar-refractivity contribution in [1.82, 2.24) is 5.32 Å². The van der Waals surface area contributed by atoms with E-state index in [1.54, 1.807) is 0 Å². The molecular formula is C30H54NO5P. The maximum Gasteiger partial charge on any atom is 0.328 e. The van der Waals surface area contributed by atoms with E-state index in [1.165, 1.54) is 44.9 Å². The van der Waals surface area contributed by atoms with Crippen LogP contribution in [0.15, 0.2) is 30.3 Å². The van der Waals surface area contributed by atoms with Crippen LogP contribution in [0.3, 0.4) is 0 Å². The van der Waals surface area contributed by atoms with Crippen LogP contribution in [0.2, 0.25) is 0 Å². The van der Waals surface area contributed by atoms with Gasteiger partial charge in [0, 0.05) is 13.0 Å². The van der Waals surface area contributed by atoms with Crippen molar-refractivity contribution >= 4 is 13.5 Å². The van der Waals surface area contributed by atoms with Crippen molar-refractivity contribution in [2.75, 3.05) is 19.4 Å². The minimum atomic E-state index is -3.72. The molecule has 0 aliphatic rings. The first-order chi connectivity index (χ1) is 18.0. The summed E-state index contributed by atoms with van der Waals surface area (Å²) in [5, 5.41) is 3.07. The summed E-state index contributed by atoms with van der Waals surface area (Å²) in [5.74, 6) is 0.0223. The second-order valence-corrected chi connectivity index (χ2v) is 12.2. The normalized spacial score (nSPS) is 13.8. The zero-order chi connectivity index (χ0) is 27.0. The van der Waals surface area contributed by atoms with Crippen LogP contribution in [0, 0.1) is 0 Å². The van der Waals surface area contributed by atoms with Crippen molar-refractivity contribution in [3.8, 4) is 0 Å². The molecule has 214 valence electrons. The first-order valence-corrected chi connectivity index (χ1v) is 16.6. The molecule has 0 heterocycles. The van der Waals surface area contributed by atoms with Crippen molar-refractivity contribution in [1.29, 1.82) is 0 Å². The van der Waals surface area contributed by atoms with Crippen LogP contribution < -0.4 is 5.32 Å². The monoisotopic (exact) mass is 539 g/mol. The topological polar surface area (TPSA) is 84.9 Å². The Bertz CT molecular complexity index is 715. The third kappa shape index (κ3) is 20.4. The zero-order valence-corrected chi connectivity index (χ0v) is 24.5. The number of amides is 1. The number of carbonyl (C=O) groups is 1. The lowest BCUT2D eigenvalue weighted by Crippen LogP contribution is -2.38. The van der Waals surface area contributed by atoms with Crippen LogP contribution in [0.5, 0.6) is 0 Å². The van der Waals surface area contributed by atoms with Crippen molar-refractivity contribution in [3.05, 3.63) is 35.9 Å². The molecule has 2 unspecified atom stereocenters. The molecule has 2 atom stereocenters. The Labute approximate surface area is 226 Å². The molecule has 0 radical (unpaired) electrons. The predicted molar refractivity (Wildman–Crippen MR) is 154 cm³/mol. The lowest BCUT2D eigenvalue weighted by Gasteiger charge is -2.21. The Hall–Kier alpha value is -1.20. The largest absolute Gasteiger partial charge is 0.377 e. The maximum absolute atomic E-state index is 12.5. The van der Waals surface area contributed by atoms with E-state index in [-0.39, 0.29) is 24.7 Å². The molecule has 6 nitrogen and oxygen atoms in total. The van der Waals surface area contributed by atoms with Crippen molar-refractivity contribution < 1.29 is 23.5 Å². The summed E-state index contributed by atoms with van der Waals surface area (Å²) in [4.78, 5) is 22.8. The van der Waals surface area contributed by atoms with Gasteiger partial charge < -0.3 is 19.5 Å². The molecule has 1 aromatic carbocycles. The van der Waals surface area contributed by atoms with Crippen LogP contribution in [0.1, 0.15) is 122 Å². The average molecular weight is 540 g/mol. The van der Waals surface area contributed by atoms with E-state index >= 15 is 0 Å². The summed E-state index contributed by atoms with van der Waals surface area (Å²) in [6, 6.07) is 9.64. The highest BCUT2D eigenvalue weighted by Gasteiger charge is 2.22.